The van der Waals surface area contributed by atoms with Gasteiger partial charge in [-0.3, -0.25) is 4.79 Å². The molecule has 1 amide bonds. The molecule has 0 bridgehead atoms. The lowest BCUT2D eigenvalue weighted by Gasteiger charge is -2.43. The van der Waals surface area contributed by atoms with Crippen LogP contribution in [-0.4, -0.2) is 35.5 Å². The molecule has 1 fully saturated rings. The maximum Gasteiger partial charge on any atom is 0.341 e. The topological polar surface area (TPSA) is 66.8 Å². The number of carboxylic acids is 1. The molecule has 0 saturated heterocycles. The minimum absolute atomic E-state index is 0.198. The summed E-state index contributed by atoms with van der Waals surface area (Å²) in [7, 11) is 1.85. The zero-order chi connectivity index (χ0) is 19.3. The minimum atomic E-state index is -1.01. The number of carbonyl (C=O) groups excluding carboxylic acids is 1. The molecule has 0 atom stereocenters. The van der Waals surface area contributed by atoms with E-state index in [1.54, 1.807) is 17.0 Å². The highest BCUT2D eigenvalue weighted by atomic mass is 16.5. The number of hydrogen-bond donors (Lipinski definition) is 1. The van der Waals surface area contributed by atoms with Crippen LogP contribution in [0.2, 0.25) is 0 Å². The van der Waals surface area contributed by atoms with Gasteiger partial charge in [-0.25, -0.2) is 4.79 Å². The molecule has 1 saturated carbocycles. The summed E-state index contributed by atoms with van der Waals surface area (Å²) in [4.78, 5) is 25.5. The third kappa shape index (κ3) is 4.67. The molecule has 0 aromatic heterocycles. The molecule has 0 heterocycles. The van der Waals surface area contributed by atoms with E-state index in [-0.39, 0.29) is 17.9 Å². The summed E-state index contributed by atoms with van der Waals surface area (Å²) in [5.74, 6) is -0.299. The third-order valence-corrected chi connectivity index (χ3v) is 5.20. The van der Waals surface area contributed by atoms with E-state index in [9.17, 15) is 9.59 Å². The second kappa shape index (κ2) is 8.25. The summed E-state index contributed by atoms with van der Waals surface area (Å²) >= 11 is 0. The zero-order valence-corrected chi connectivity index (χ0v) is 15.6. The number of amides is 1. The van der Waals surface area contributed by atoms with Crippen LogP contribution in [0, 0.1) is 5.41 Å². The average Bonchev–Trinajstić information content (AvgIpc) is 2.64. The van der Waals surface area contributed by atoms with Crippen molar-refractivity contribution in [2.45, 2.75) is 32.2 Å². The van der Waals surface area contributed by atoms with E-state index >= 15 is 0 Å². The van der Waals surface area contributed by atoms with E-state index in [1.807, 2.05) is 37.4 Å². The van der Waals surface area contributed by atoms with Crippen LogP contribution >= 0.6 is 0 Å². The number of carboxylic acid groups (broad SMARTS) is 1. The van der Waals surface area contributed by atoms with Crippen LogP contribution in [0.1, 0.15) is 30.4 Å². The Hall–Kier alpha value is -2.82. The van der Waals surface area contributed by atoms with Crippen LogP contribution in [0.3, 0.4) is 0 Å². The first-order chi connectivity index (χ1) is 13.0. The van der Waals surface area contributed by atoms with E-state index in [0.717, 1.165) is 31.2 Å². The van der Waals surface area contributed by atoms with Crippen molar-refractivity contribution in [3.8, 4) is 5.75 Å². The van der Waals surface area contributed by atoms with Crippen LogP contribution in [0.15, 0.2) is 54.6 Å². The molecular formula is C22H25NO4. The van der Waals surface area contributed by atoms with Gasteiger partial charge in [0.05, 0.1) is 5.41 Å². The number of carbonyl (C=O) groups is 2. The highest BCUT2D eigenvalue weighted by Crippen LogP contribution is 2.45. The summed E-state index contributed by atoms with van der Waals surface area (Å²) in [6, 6.07) is 17.4. The van der Waals surface area contributed by atoms with E-state index in [1.165, 1.54) is 5.56 Å². The van der Waals surface area contributed by atoms with E-state index in [0.29, 0.717) is 12.3 Å². The van der Waals surface area contributed by atoms with Crippen LogP contribution < -0.4 is 4.74 Å². The summed E-state index contributed by atoms with van der Waals surface area (Å²) in [6.45, 7) is 0.161. The molecule has 1 aliphatic rings. The normalized spacial score (nSPS) is 14.9. The third-order valence-electron chi connectivity index (χ3n) is 5.20. The second-order valence-electron chi connectivity index (χ2n) is 7.28. The van der Waals surface area contributed by atoms with Gasteiger partial charge in [-0.15, -0.1) is 0 Å². The Morgan fingerprint density at radius 1 is 1.04 bits per heavy atom. The fourth-order valence-corrected chi connectivity index (χ4v) is 3.64. The van der Waals surface area contributed by atoms with Gasteiger partial charge in [0, 0.05) is 13.6 Å². The number of hydrogen-bond acceptors (Lipinski definition) is 3. The first-order valence-corrected chi connectivity index (χ1v) is 9.22. The molecule has 1 N–H and O–H groups in total. The molecule has 0 spiro atoms. The van der Waals surface area contributed by atoms with Crippen molar-refractivity contribution in [2.75, 3.05) is 13.7 Å². The molecule has 3 rings (SSSR count). The monoisotopic (exact) mass is 367 g/mol. The standard InChI is InChI=1S/C22H25NO4/c1-23(15-18-8-10-19(11-9-18)27-16-20(24)25)21(26)22(12-5-13-22)14-17-6-3-2-4-7-17/h2-4,6-11H,5,12-16H2,1H3,(H,24,25). The van der Waals surface area contributed by atoms with E-state index in [2.05, 4.69) is 12.1 Å². The number of nitrogens with zero attached hydrogens (tertiary/aromatic N) is 1. The Labute approximate surface area is 159 Å². The maximum atomic E-state index is 13.1. The SMILES string of the molecule is CN(Cc1ccc(OCC(=O)O)cc1)C(=O)C1(Cc2ccccc2)CCC1. The quantitative estimate of drug-likeness (QED) is 0.775. The molecule has 27 heavy (non-hydrogen) atoms. The van der Waals surface area contributed by atoms with Crippen molar-refractivity contribution in [1.82, 2.24) is 4.90 Å². The predicted octanol–water partition coefficient (Wildman–Crippen LogP) is 3.52. The lowest BCUT2D eigenvalue weighted by Crippen LogP contribution is -2.47. The first kappa shape index (κ1) is 19.0. The summed E-state index contributed by atoms with van der Waals surface area (Å²) in [6.07, 6.45) is 3.76. The van der Waals surface area contributed by atoms with Crippen LogP contribution in [-0.2, 0) is 22.6 Å². The van der Waals surface area contributed by atoms with Crippen molar-refractivity contribution in [3.63, 3.8) is 0 Å². The van der Waals surface area contributed by atoms with Gasteiger partial charge in [-0.05, 0) is 42.5 Å². The number of benzene rings is 2. The summed E-state index contributed by atoms with van der Waals surface area (Å²) in [5, 5.41) is 8.65. The Balaban J connectivity index is 1.61. The molecule has 0 aliphatic heterocycles. The Kier molecular flexibility index (Phi) is 5.79. The summed E-state index contributed by atoms with van der Waals surface area (Å²) in [5.41, 5.74) is 1.92. The number of ether oxygens (including phenoxy) is 1. The fraction of sp³-hybridized carbons (Fsp3) is 0.364. The molecular weight excluding hydrogens is 342 g/mol. The molecule has 2 aromatic carbocycles. The van der Waals surface area contributed by atoms with Gasteiger partial charge in [-0.2, -0.15) is 0 Å². The highest BCUT2D eigenvalue weighted by Gasteiger charge is 2.45. The Bertz CT molecular complexity index is 782. The van der Waals surface area contributed by atoms with Crippen molar-refractivity contribution < 1.29 is 19.4 Å². The van der Waals surface area contributed by atoms with Crippen LogP contribution in [0.4, 0.5) is 0 Å². The number of rotatable bonds is 8. The van der Waals surface area contributed by atoms with Crippen molar-refractivity contribution in [2.24, 2.45) is 5.41 Å². The van der Waals surface area contributed by atoms with Crippen LogP contribution in [0.25, 0.3) is 0 Å². The molecule has 5 heteroatoms. The Morgan fingerprint density at radius 2 is 1.70 bits per heavy atom. The molecule has 5 nitrogen and oxygen atoms in total. The zero-order valence-electron chi connectivity index (χ0n) is 15.6. The van der Waals surface area contributed by atoms with Gasteiger partial charge < -0.3 is 14.7 Å². The van der Waals surface area contributed by atoms with Gasteiger partial charge in [-0.1, -0.05) is 48.9 Å². The molecule has 0 radical (unpaired) electrons. The maximum absolute atomic E-state index is 13.1. The van der Waals surface area contributed by atoms with Crippen LogP contribution in [0.5, 0.6) is 5.75 Å². The van der Waals surface area contributed by atoms with Gasteiger partial charge in [0.2, 0.25) is 5.91 Å². The van der Waals surface area contributed by atoms with E-state index in [4.69, 9.17) is 9.84 Å². The highest BCUT2D eigenvalue weighted by molar-refractivity contribution is 5.83. The van der Waals surface area contributed by atoms with Crippen molar-refractivity contribution in [1.29, 1.82) is 0 Å². The minimum Gasteiger partial charge on any atom is -0.482 e. The van der Waals surface area contributed by atoms with Gasteiger partial charge in [0.1, 0.15) is 5.75 Å². The predicted molar refractivity (Wildman–Crippen MR) is 102 cm³/mol. The van der Waals surface area contributed by atoms with Crippen molar-refractivity contribution in [3.05, 3.63) is 65.7 Å². The summed E-state index contributed by atoms with van der Waals surface area (Å²) < 4.78 is 5.14. The molecule has 0 unspecified atom stereocenters. The molecule has 1 aliphatic carbocycles. The smallest absolute Gasteiger partial charge is 0.341 e. The van der Waals surface area contributed by atoms with Gasteiger partial charge in [0.25, 0.3) is 0 Å². The van der Waals surface area contributed by atoms with Crippen molar-refractivity contribution >= 4 is 11.9 Å². The Morgan fingerprint density at radius 3 is 2.26 bits per heavy atom. The first-order valence-electron chi connectivity index (χ1n) is 9.22. The fourth-order valence-electron chi connectivity index (χ4n) is 3.64. The van der Waals surface area contributed by atoms with Gasteiger partial charge in [0.15, 0.2) is 6.61 Å². The average molecular weight is 367 g/mol. The molecule has 2 aromatic rings. The largest absolute Gasteiger partial charge is 0.482 e. The van der Waals surface area contributed by atoms with Gasteiger partial charge >= 0.3 is 5.97 Å². The number of aliphatic carboxylic acids is 1. The second-order valence-corrected chi connectivity index (χ2v) is 7.28. The lowest BCUT2D eigenvalue weighted by atomic mass is 9.64. The lowest BCUT2D eigenvalue weighted by molar-refractivity contribution is -0.146. The molecule has 142 valence electrons. The van der Waals surface area contributed by atoms with E-state index < -0.39 is 5.97 Å².